The van der Waals surface area contributed by atoms with Crippen molar-refractivity contribution in [2.75, 3.05) is 11.9 Å². The predicted molar refractivity (Wildman–Crippen MR) is 90.2 cm³/mol. The van der Waals surface area contributed by atoms with Gasteiger partial charge in [-0.1, -0.05) is 38.1 Å². The van der Waals surface area contributed by atoms with Gasteiger partial charge in [0.1, 0.15) is 5.82 Å². The van der Waals surface area contributed by atoms with E-state index in [0.29, 0.717) is 17.2 Å². The smallest absolute Gasteiger partial charge is 0.310 e. The van der Waals surface area contributed by atoms with Crippen molar-refractivity contribution in [3.8, 4) is 0 Å². The van der Waals surface area contributed by atoms with Crippen LogP contribution in [0, 0.1) is 5.82 Å². The standard InChI is InChI=1S/C19H20FNO3/c1-13(2)15-5-9-17(10-6-15)21-18(22)12-24-19(23)11-14-3-7-16(20)8-4-14/h3-10,13H,11-12H2,1-2H3,(H,21,22). The van der Waals surface area contributed by atoms with Gasteiger partial charge in [-0.25, -0.2) is 4.39 Å². The average Bonchev–Trinajstić information content (AvgIpc) is 2.55. The summed E-state index contributed by atoms with van der Waals surface area (Å²) < 4.78 is 17.7. The molecule has 2 aromatic rings. The molecule has 24 heavy (non-hydrogen) atoms. The Bertz CT molecular complexity index is 694. The first-order valence-corrected chi connectivity index (χ1v) is 7.74. The second-order valence-electron chi connectivity index (χ2n) is 5.79. The van der Waals surface area contributed by atoms with Crippen LogP contribution in [0.5, 0.6) is 0 Å². The Balaban J connectivity index is 1.77. The maximum atomic E-state index is 12.8. The number of amides is 1. The largest absolute Gasteiger partial charge is 0.455 e. The monoisotopic (exact) mass is 329 g/mol. The molecule has 0 fully saturated rings. The molecule has 0 bridgehead atoms. The van der Waals surface area contributed by atoms with Crippen molar-refractivity contribution in [3.63, 3.8) is 0 Å². The third kappa shape index (κ3) is 5.50. The first-order chi connectivity index (χ1) is 11.4. The van der Waals surface area contributed by atoms with E-state index >= 15 is 0 Å². The summed E-state index contributed by atoms with van der Waals surface area (Å²) in [6.45, 7) is 3.83. The van der Waals surface area contributed by atoms with Crippen molar-refractivity contribution in [1.29, 1.82) is 0 Å². The molecule has 0 spiro atoms. The fraction of sp³-hybridized carbons (Fsp3) is 0.263. The summed E-state index contributed by atoms with van der Waals surface area (Å²) in [6, 6.07) is 13.1. The van der Waals surface area contributed by atoms with Crippen LogP contribution >= 0.6 is 0 Å². The highest BCUT2D eigenvalue weighted by Gasteiger charge is 2.09. The van der Waals surface area contributed by atoms with Gasteiger partial charge in [-0.05, 0) is 41.3 Å². The first-order valence-electron chi connectivity index (χ1n) is 7.74. The molecule has 1 amide bonds. The third-order valence-electron chi connectivity index (χ3n) is 3.49. The molecule has 126 valence electrons. The van der Waals surface area contributed by atoms with Crippen LogP contribution in [0.15, 0.2) is 48.5 Å². The zero-order valence-corrected chi connectivity index (χ0v) is 13.7. The zero-order valence-electron chi connectivity index (χ0n) is 13.7. The molecule has 1 N–H and O–H groups in total. The highest BCUT2D eigenvalue weighted by molar-refractivity contribution is 5.92. The van der Waals surface area contributed by atoms with E-state index in [4.69, 9.17) is 4.74 Å². The first kappa shape index (κ1) is 17.7. The molecule has 2 aromatic carbocycles. The van der Waals surface area contributed by atoms with E-state index in [2.05, 4.69) is 19.2 Å². The van der Waals surface area contributed by atoms with E-state index in [1.165, 1.54) is 29.8 Å². The molecule has 0 saturated heterocycles. The fourth-order valence-corrected chi connectivity index (χ4v) is 2.11. The number of nitrogens with one attached hydrogen (secondary N) is 1. The van der Waals surface area contributed by atoms with Gasteiger partial charge in [-0.15, -0.1) is 0 Å². The van der Waals surface area contributed by atoms with Crippen molar-refractivity contribution >= 4 is 17.6 Å². The highest BCUT2D eigenvalue weighted by Crippen LogP contribution is 2.17. The van der Waals surface area contributed by atoms with Crippen molar-refractivity contribution in [1.82, 2.24) is 0 Å². The second-order valence-corrected chi connectivity index (χ2v) is 5.79. The SMILES string of the molecule is CC(C)c1ccc(NC(=O)COC(=O)Cc2ccc(F)cc2)cc1. The van der Waals surface area contributed by atoms with Gasteiger partial charge in [0.2, 0.25) is 0 Å². The summed E-state index contributed by atoms with van der Waals surface area (Å²) in [6.07, 6.45) is -0.00333. The number of carbonyl (C=O) groups excluding carboxylic acids is 2. The summed E-state index contributed by atoms with van der Waals surface area (Å²) in [4.78, 5) is 23.5. The Kier molecular flexibility index (Phi) is 6.07. The Labute approximate surface area is 140 Å². The molecule has 0 atom stereocenters. The van der Waals surface area contributed by atoms with Crippen molar-refractivity contribution in [2.24, 2.45) is 0 Å². The number of hydrogen-bond donors (Lipinski definition) is 1. The molecule has 0 radical (unpaired) electrons. The minimum Gasteiger partial charge on any atom is -0.455 e. The molecule has 0 heterocycles. The zero-order chi connectivity index (χ0) is 17.5. The Hall–Kier alpha value is -2.69. The number of carbonyl (C=O) groups is 2. The molecule has 0 aliphatic rings. The molecule has 2 rings (SSSR count). The van der Waals surface area contributed by atoms with E-state index in [1.54, 1.807) is 0 Å². The molecule has 0 aliphatic heterocycles. The van der Waals surface area contributed by atoms with E-state index in [9.17, 15) is 14.0 Å². The van der Waals surface area contributed by atoms with Crippen LogP contribution < -0.4 is 5.32 Å². The van der Waals surface area contributed by atoms with Gasteiger partial charge in [-0.3, -0.25) is 9.59 Å². The summed E-state index contributed by atoms with van der Waals surface area (Å²) in [5, 5.41) is 2.67. The van der Waals surface area contributed by atoms with Crippen LogP contribution in [-0.4, -0.2) is 18.5 Å². The summed E-state index contributed by atoms with van der Waals surface area (Å²) >= 11 is 0. The van der Waals surface area contributed by atoms with Gasteiger partial charge in [-0.2, -0.15) is 0 Å². The number of anilines is 1. The fourth-order valence-electron chi connectivity index (χ4n) is 2.11. The molecule has 0 aliphatic carbocycles. The Morgan fingerprint density at radius 1 is 1.04 bits per heavy atom. The quantitative estimate of drug-likeness (QED) is 0.823. The lowest BCUT2D eigenvalue weighted by Gasteiger charge is -2.09. The topological polar surface area (TPSA) is 55.4 Å². The average molecular weight is 329 g/mol. The maximum absolute atomic E-state index is 12.8. The van der Waals surface area contributed by atoms with Crippen LogP contribution in [0.2, 0.25) is 0 Å². The molecule has 0 aromatic heterocycles. The van der Waals surface area contributed by atoms with Gasteiger partial charge in [0.25, 0.3) is 5.91 Å². The predicted octanol–water partition coefficient (Wildman–Crippen LogP) is 3.67. The normalized spacial score (nSPS) is 10.5. The maximum Gasteiger partial charge on any atom is 0.310 e. The summed E-state index contributed by atoms with van der Waals surface area (Å²) in [7, 11) is 0. The molecule has 0 saturated carbocycles. The number of benzene rings is 2. The number of ether oxygens (including phenoxy) is 1. The van der Waals surface area contributed by atoms with Gasteiger partial charge in [0, 0.05) is 5.69 Å². The third-order valence-corrected chi connectivity index (χ3v) is 3.49. The highest BCUT2D eigenvalue weighted by atomic mass is 19.1. The number of esters is 1. The molecule has 5 heteroatoms. The lowest BCUT2D eigenvalue weighted by atomic mass is 10.0. The van der Waals surface area contributed by atoms with Crippen molar-refractivity contribution in [2.45, 2.75) is 26.2 Å². The summed E-state index contributed by atoms with van der Waals surface area (Å²) in [5.41, 5.74) is 2.46. The van der Waals surface area contributed by atoms with Crippen molar-refractivity contribution in [3.05, 3.63) is 65.5 Å². The van der Waals surface area contributed by atoms with Crippen LogP contribution in [-0.2, 0) is 20.7 Å². The molecular weight excluding hydrogens is 309 g/mol. The van der Waals surface area contributed by atoms with Gasteiger partial charge < -0.3 is 10.1 Å². The Morgan fingerprint density at radius 3 is 2.25 bits per heavy atom. The van der Waals surface area contributed by atoms with Gasteiger partial charge in [0.05, 0.1) is 6.42 Å². The van der Waals surface area contributed by atoms with E-state index in [1.807, 2.05) is 24.3 Å². The number of rotatable bonds is 6. The van der Waals surface area contributed by atoms with Gasteiger partial charge in [0.15, 0.2) is 6.61 Å². The minimum absolute atomic E-state index is 0.00333. The molecule has 4 nitrogen and oxygen atoms in total. The molecular formula is C19H20FNO3. The lowest BCUT2D eigenvalue weighted by Crippen LogP contribution is -2.21. The van der Waals surface area contributed by atoms with Crippen LogP contribution in [0.25, 0.3) is 0 Å². The number of hydrogen-bond acceptors (Lipinski definition) is 3. The van der Waals surface area contributed by atoms with E-state index in [0.717, 1.165) is 0 Å². The van der Waals surface area contributed by atoms with E-state index in [-0.39, 0.29) is 18.8 Å². The van der Waals surface area contributed by atoms with Crippen LogP contribution in [0.4, 0.5) is 10.1 Å². The van der Waals surface area contributed by atoms with E-state index < -0.39 is 11.9 Å². The van der Waals surface area contributed by atoms with Crippen LogP contribution in [0.3, 0.4) is 0 Å². The Morgan fingerprint density at radius 2 is 1.67 bits per heavy atom. The number of halogens is 1. The minimum atomic E-state index is -0.535. The van der Waals surface area contributed by atoms with Gasteiger partial charge >= 0.3 is 5.97 Å². The lowest BCUT2D eigenvalue weighted by molar-refractivity contribution is -0.146. The van der Waals surface area contributed by atoms with Crippen LogP contribution in [0.1, 0.15) is 30.9 Å². The second kappa shape index (κ2) is 8.24. The molecule has 0 unspecified atom stereocenters. The van der Waals surface area contributed by atoms with Crippen molar-refractivity contribution < 1.29 is 18.7 Å². The summed E-state index contributed by atoms with van der Waals surface area (Å²) in [5.74, 6) is -0.885.